The Kier molecular flexibility index (Phi) is 6.10. The molecular weight excluding hydrogens is 545 g/mol. The van der Waals surface area contributed by atoms with Crippen molar-refractivity contribution in [2.24, 2.45) is 4.99 Å². The van der Waals surface area contributed by atoms with E-state index in [4.69, 9.17) is 9.47 Å². The van der Waals surface area contributed by atoms with E-state index in [2.05, 4.69) is 49.6 Å². The van der Waals surface area contributed by atoms with Gasteiger partial charge in [0, 0.05) is 8.04 Å². The summed E-state index contributed by atoms with van der Waals surface area (Å²) >= 11 is 5.73. The van der Waals surface area contributed by atoms with Crippen LogP contribution in [0.2, 0.25) is 0 Å². The third-order valence-electron chi connectivity index (χ3n) is 4.18. The number of hydrogen-bond donors (Lipinski definition) is 0. The summed E-state index contributed by atoms with van der Waals surface area (Å²) in [6, 6.07) is 23.2. The average Bonchev–Trinajstić information content (AvgIpc) is 3.07. The fraction of sp³-hybridized carbons (Fsp3) is 0.0435. The number of esters is 1. The van der Waals surface area contributed by atoms with Gasteiger partial charge in [0.15, 0.2) is 5.70 Å². The summed E-state index contributed by atoms with van der Waals surface area (Å²) in [5, 5.41) is 0. The Morgan fingerprint density at radius 1 is 1.03 bits per heavy atom. The van der Waals surface area contributed by atoms with Crippen LogP contribution in [0.5, 0.6) is 5.75 Å². The van der Waals surface area contributed by atoms with Gasteiger partial charge in [-0.15, -0.1) is 0 Å². The Balaban J connectivity index is 1.53. The van der Waals surface area contributed by atoms with E-state index >= 15 is 0 Å². The molecule has 0 atom stereocenters. The molecule has 0 saturated carbocycles. The summed E-state index contributed by atoms with van der Waals surface area (Å²) in [7, 11) is 0. The third kappa shape index (κ3) is 4.94. The quantitative estimate of drug-likeness (QED) is 0.219. The number of halogens is 2. The lowest BCUT2D eigenvalue weighted by atomic mass is 10.2. The highest BCUT2D eigenvalue weighted by atomic mass is 127. The summed E-state index contributed by atoms with van der Waals surface area (Å²) < 4.78 is 13.2. The van der Waals surface area contributed by atoms with E-state index < -0.39 is 5.97 Å². The molecule has 0 radical (unpaired) electrons. The van der Waals surface area contributed by atoms with Gasteiger partial charge in [0.05, 0.1) is 5.56 Å². The normalized spacial score (nSPS) is 14.6. The van der Waals surface area contributed by atoms with Crippen LogP contribution in [-0.4, -0.2) is 11.9 Å². The van der Waals surface area contributed by atoms with Crippen LogP contribution in [0.3, 0.4) is 0 Å². The summed E-state index contributed by atoms with van der Waals surface area (Å²) in [4.78, 5) is 16.6. The van der Waals surface area contributed by atoms with E-state index in [1.807, 2.05) is 66.7 Å². The van der Waals surface area contributed by atoms with E-state index in [1.54, 1.807) is 6.08 Å². The van der Waals surface area contributed by atoms with Crippen LogP contribution in [-0.2, 0) is 16.1 Å². The van der Waals surface area contributed by atoms with Gasteiger partial charge in [0.2, 0.25) is 5.90 Å². The van der Waals surface area contributed by atoms with Gasteiger partial charge in [-0.05, 0) is 92.1 Å². The second-order valence-corrected chi connectivity index (χ2v) is 8.41. The first-order chi connectivity index (χ1) is 14.1. The van der Waals surface area contributed by atoms with Gasteiger partial charge in [-0.1, -0.05) is 36.4 Å². The molecule has 0 N–H and O–H groups in total. The smallest absolute Gasteiger partial charge is 0.363 e. The van der Waals surface area contributed by atoms with Crippen molar-refractivity contribution in [3.05, 3.63) is 103 Å². The summed E-state index contributed by atoms with van der Waals surface area (Å²) in [6.45, 7) is 0.475. The molecule has 144 valence electrons. The molecule has 0 spiro atoms. The Morgan fingerprint density at radius 2 is 1.86 bits per heavy atom. The number of ether oxygens (including phenoxy) is 2. The lowest BCUT2D eigenvalue weighted by molar-refractivity contribution is -0.129. The largest absolute Gasteiger partial charge is 0.489 e. The maximum absolute atomic E-state index is 12.2. The molecule has 3 aromatic rings. The minimum atomic E-state index is -0.471. The molecule has 29 heavy (non-hydrogen) atoms. The first-order valence-electron chi connectivity index (χ1n) is 8.83. The van der Waals surface area contributed by atoms with Gasteiger partial charge in [-0.3, -0.25) is 0 Å². The topological polar surface area (TPSA) is 47.9 Å². The molecule has 0 amide bonds. The monoisotopic (exact) mass is 559 g/mol. The Labute approximate surface area is 190 Å². The van der Waals surface area contributed by atoms with Crippen molar-refractivity contribution in [1.29, 1.82) is 0 Å². The maximum atomic E-state index is 12.2. The van der Waals surface area contributed by atoms with Gasteiger partial charge in [0.1, 0.15) is 12.4 Å². The van der Waals surface area contributed by atoms with Gasteiger partial charge in [-0.25, -0.2) is 9.79 Å². The van der Waals surface area contributed by atoms with Gasteiger partial charge >= 0.3 is 5.97 Å². The van der Waals surface area contributed by atoms with Crippen molar-refractivity contribution < 1.29 is 14.3 Å². The molecule has 0 saturated heterocycles. The number of hydrogen-bond acceptors (Lipinski definition) is 4. The van der Waals surface area contributed by atoms with Gasteiger partial charge in [0.25, 0.3) is 0 Å². The number of nitrogens with zero attached hydrogens (tertiary/aromatic N) is 1. The highest BCUT2D eigenvalue weighted by molar-refractivity contribution is 14.1. The first kappa shape index (κ1) is 19.8. The number of rotatable bonds is 5. The molecule has 0 unspecified atom stereocenters. The summed E-state index contributed by atoms with van der Waals surface area (Å²) in [6.07, 6.45) is 1.70. The van der Waals surface area contributed by atoms with Crippen LogP contribution in [0, 0.1) is 3.57 Å². The van der Waals surface area contributed by atoms with Crippen molar-refractivity contribution in [3.8, 4) is 5.75 Å². The highest BCUT2D eigenvalue weighted by Crippen LogP contribution is 2.25. The van der Waals surface area contributed by atoms with Crippen LogP contribution in [0.1, 0.15) is 16.7 Å². The van der Waals surface area contributed by atoms with Gasteiger partial charge in [-0.2, -0.15) is 0 Å². The lowest BCUT2D eigenvalue weighted by Gasteiger charge is -2.07. The number of aliphatic imine (C=N–C) groups is 1. The first-order valence-corrected chi connectivity index (χ1v) is 10.7. The highest BCUT2D eigenvalue weighted by Gasteiger charge is 2.25. The van der Waals surface area contributed by atoms with Crippen LogP contribution in [0.4, 0.5) is 0 Å². The average molecular weight is 560 g/mol. The van der Waals surface area contributed by atoms with E-state index in [0.717, 1.165) is 26.9 Å². The second-order valence-electron chi connectivity index (χ2n) is 6.31. The van der Waals surface area contributed by atoms with Crippen LogP contribution >= 0.6 is 38.5 Å². The summed E-state index contributed by atoms with van der Waals surface area (Å²) in [5.41, 5.74) is 2.90. The molecule has 4 nitrogen and oxygen atoms in total. The Hall–Kier alpha value is -2.45. The molecule has 0 fully saturated rings. The van der Waals surface area contributed by atoms with Crippen molar-refractivity contribution in [3.63, 3.8) is 0 Å². The van der Waals surface area contributed by atoms with E-state index in [9.17, 15) is 4.79 Å². The minimum Gasteiger partial charge on any atom is -0.489 e. The Morgan fingerprint density at radius 3 is 2.69 bits per heavy atom. The van der Waals surface area contributed by atoms with Crippen molar-refractivity contribution in [2.45, 2.75) is 6.61 Å². The predicted octanol–water partition coefficient (Wildman–Crippen LogP) is 5.98. The number of carbonyl (C=O) groups excluding carboxylic acids is 1. The maximum Gasteiger partial charge on any atom is 0.363 e. The SMILES string of the molecule is O=C1OC(c2ccccc2Br)=N/C1=C\c1cccc(OCc2cccc(I)c2)c1. The molecule has 1 aliphatic heterocycles. The predicted molar refractivity (Wildman–Crippen MR) is 125 cm³/mol. The molecule has 0 aliphatic carbocycles. The van der Waals surface area contributed by atoms with Crippen LogP contribution < -0.4 is 4.74 Å². The number of carbonyl (C=O) groups is 1. The third-order valence-corrected chi connectivity index (χ3v) is 5.54. The fourth-order valence-electron chi connectivity index (χ4n) is 2.80. The molecule has 3 aromatic carbocycles. The standard InChI is InChI=1S/C23H15BrINO3/c24-20-10-2-1-9-19(20)22-26-21(23(27)29-22)13-15-5-4-8-18(12-15)28-14-16-6-3-7-17(25)11-16/h1-13H,14H2/b21-13-. The number of cyclic esters (lactones) is 1. The molecule has 0 aromatic heterocycles. The molecule has 4 rings (SSSR count). The Bertz CT molecular complexity index is 1140. The molecule has 1 aliphatic rings. The molecule has 6 heteroatoms. The van der Waals surface area contributed by atoms with Crippen molar-refractivity contribution in [2.75, 3.05) is 0 Å². The van der Waals surface area contributed by atoms with E-state index in [-0.39, 0.29) is 5.70 Å². The minimum absolute atomic E-state index is 0.255. The van der Waals surface area contributed by atoms with Crippen LogP contribution in [0.15, 0.2) is 88.0 Å². The second kappa shape index (κ2) is 8.92. The number of benzene rings is 3. The zero-order chi connectivity index (χ0) is 20.2. The molecule has 1 heterocycles. The fourth-order valence-corrected chi connectivity index (χ4v) is 3.87. The van der Waals surface area contributed by atoms with Crippen molar-refractivity contribution in [1.82, 2.24) is 0 Å². The lowest BCUT2D eigenvalue weighted by Crippen LogP contribution is -2.05. The zero-order valence-corrected chi connectivity index (χ0v) is 18.9. The van der Waals surface area contributed by atoms with E-state index in [1.165, 1.54) is 3.57 Å². The molecular formula is C23H15BrINO3. The van der Waals surface area contributed by atoms with Crippen LogP contribution in [0.25, 0.3) is 6.08 Å². The van der Waals surface area contributed by atoms with Crippen molar-refractivity contribution >= 4 is 56.5 Å². The molecule has 0 bridgehead atoms. The zero-order valence-electron chi connectivity index (χ0n) is 15.1. The van der Waals surface area contributed by atoms with E-state index in [0.29, 0.717) is 12.5 Å². The summed E-state index contributed by atoms with van der Waals surface area (Å²) in [5.74, 6) is 0.542. The van der Waals surface area contributed by atoms with Gasteiger partial charge < -0.3 is 9.47 Å².